The molecule has 0 saturated heterocycles. The molecule has 0 spiro atoms. The highest BCUT2D eigenvalue weighted by Gasteiger charge is 2.49. The number of nitrogens with zero attached hydrogens (tertiary/aromatic N) is 1. The summed E-state index contributed by atoms with van der Waals surface area (Å²) in [6.45, 7) is 5.65. The average Bonchev–Trinajstić information content (AvgIpc) is 2.97. The van der Waals surface area contributed by atoms with Gasteiger partial charge in [0.1, 0.15) is 0 Å². The van der Waals surface area contributed by atoms with E-state index in [0.29, 0.717) is 30.5 Å². The number of anilines is 1. The van der Waals surface area contributed by atoms with Gasteiger partial charge in [-0.2, -0.15) is 13.2 Å². The van der Waals surface area contributed by atoms with Crippen LogP contribution in [0, 0.1) is 29.1 Å². The van der Waals surface area contributed by atoms with E-state index in [1.807, 2.05) is 0 Å². The van der Waals surface area contributed by atoms with Gasteiger partial charge >= 0.3 is 6.18 Å². The lowest BCUT2D eigenvalue weighted by atomic mass is 9.72. The molecule has 160 valence electrons. The van der Waals surface area contributed by atoms with Crippen LogP contribution >= 0.6 is 0 Å². The topological polar surface area (TPSA) is 59.1 Å². The Balaban J connectivity index is 1.74. The molecule has 1 aromatic rings. The predicted molar refractivity (Wildman–Crippen MR) is 104 cm³/mol. The highest BCUT2D eigenvalue weighted by Crippen LogP contribution is 2.53. The van der Waals surface area contributed by atoms with Crippen LogP contribution in [0.2, 0.25) is 0 Å². The van der Waals surface area contributed by atoms with Crippen molar-refractivity contribution >= 4 is 17.4 Å². The highest BCUT2D eigenvalue weighted by molar-refractivity contribution is 6.03. The normalized spacial score (nSPS) is 29.4. The zero-order valence-corrected chi connectivity index (χ0v) is 17.2. The third-order valence-corrected chi connectivity index (χ3v) is 6.71. The average molecular weight is 410 g/mol. The molecule has 2 atom stereocenters. The second-order valence-electron chi connectivity index (χ2n) is 9.46. The van der Waals surface area contributed by atoms with Gasteiger partial charge < -0.3 is 5.32 Å². The maximum absolute atomic E-state index is 13.1. The molecule has 0 bridgehead atoms. The van der Waals surface area contributed by atoms with Gasteiger partial charge in [0.25, 0.3) is 0 Å². The Morgan fingerprint density at radius 1 is 1.14 bits per heavy atom. The molecule has 3 rings (SSSR count). The van der Waals surface area contributed by atoms with Crippen LogP contribution in [0.5, 0.6) is 0 Å². The maximum Gasteiger partial charge on any atom is 0.391 e. The van der Waals surface area contributed by atoms with E-state index in [0.717, 1.165) is 6.42 Å². The smallest absolute Gasteiger partial charge is 0.325 e. The molecular weight excluding hydrogens is 381 g/mol. The standard InChI is InChI=1S/C22H29F3N2O2/c1-13(28)18-12-26-9-8-19(18)27-20(29)17-11-21(2,3)10-16(17)14-4-6-15(7-5-14)22(23,24)25/h8-9,12,14-17H,4-7,10-11H2,1-3H3,(H,26,27,29)/t14?,15?,16-,17+/m0/s1. The van der Waals surface area contributed by atoms with Crippen LogP contribution in [-0.4, -0.2) is 22.9 Å². The van der Waals surface area contributed by atoms with Gasteiger partial charge in [0.05, 0.1) is 17.2 Å². The number of nitrogens with one attached hydrogen (secondary N) is 1. The van der Waals surface area contributed by atoms with Crippen molar-refractivity contribution in [3.8, 4) is 0 Å². The van der Waals surface area contributed by atoms with Crippen LogP contribution < -0.4 is 5.32 Å². The number of pyridine rings is 1. The van der Waals surface area contributed by atoms with Crippen LogP contribution in [0.25, 0.3) is 0 Å². The maximum atomic E-state index is 13.1. The summed E-state index contributed by atoms with van der Waals surface area (Å²) < 4.78 is 39.1. The fourth-order valence-corrected chi connectivity index (χ4v) is 5.28. The summed E-state index contributed by atoms with van der Waals surface area (Å²) in [5, 5.41) is 2.89. The summed E-state index contributed by atoms with van der Waals surface area (Å²) in [6, 6.07) is 1.61. The Labute approximate surface area is 169 Å². The summed E-state index contributed by atoms with van der Waals surface area (Å²) in [6.07, 6.45) is 1.71. The van der Waals surface area contributed by atoms with E-state index in [9.17, 15) is 22.8 Å². The van der Waals surface area contributed by atoms with Crippen molar-refractivity contribution in [3.05, 3.63) is 24.0 Å². The van der Waals surface area contributed by atoms with Crippen LogP contribution in [0.15, 0.2) is 18.5 Å². The number of amides is 1. The number of hydrogen-bond acceptors (Lipinski definition) is 3. The fourth-order valence-electron chi connectivity index (χ4n) is 5.28. The third kappa shape index (κ3) is 4.98. The van der Waals surface area contributed by atoms with Gasteiger partial charge in [-0.3, -0.25) is 14.6 Å². The molecular formula is C22H29F3N2O2. The van der Waals surface area contributed by atoms with Crippen molar-refractivity contribution < 1.29 is 22.8 Å². The first-order chi connectivity index (χ1) is 13.5. The zero-order chi connectivity index (χ0) is 21.4. The lowest BCUT2D eigenvalue weighted by molar-refractivity contribution is -0.185. The van der Waals surface area contributed by atoms with E-state index >= 15 is 0 Å². The van der Waals surface area contributed by atoms with Crippen molar-refractivity contribution in [2.75, 3.05) is 5.32 Å². The molecule has 0 radical (unpaired) electrons. The van der Waals surface area contributed by atoms with Gasteiger partial charge in [-0.25, -0.2) is 0 Å². The van der Waals surface area contributed by atoms with E-state index in [-0.39, 0.29) is 47.7 Å². The first-order valence-corrected chi connectivity index (χ1v) is 10.3. The molecule has 4 nitrogen and oxygen atoms in total. The largest absolute Gasteiger partial charge is 0.391 e. The van der Waals surface area contributed by atoms with E-state index in [1.165, 1.54) is 19.3 Å². The number of carbonyl (C=O) groups is 2. The molecule has 0 unspecified atom stereocenters. The molecule has 2 fully saturated rings. The number of ketones is 1. The van der Waals surface area contributed by atoms with E-state index in [4.69, 9.17) is 0 Å². The van der Waals surface area contributed by atoms with E-state index < -0.39 is 12.1 Å². The SMILES string of the molecule is CC(=O)c1cnccc1NC(=O)[C@@H]1CC(C)(C)C[C@H]1C1CCC(C(F)(F)F)CC1. The zero-order valence-electron chi connectivity index (χ0n) is 17.2. The molecule has 2 aliphatic rings. The van der Waals surface area contributed by atoms with Crippen molar-refractivity contribution in [2.45, 2.75) is 65.5 Å². The first-order valence-electron chi connectivity index (χ1n) is 10.3. The lowest BCUT2D eigenvalue weighted by Gasteiger charge is -2.35. The van der Waals surface area contributed by atoms with Gasteiger partial charge in [0.15, 0.2) is 5.78 Å². The second kappa shape index (κ2) is 8.07. The predicted octanol–water partition coefficient (Wildman–Crippen LogP) is 5.64. The van der Waals surface area contributed by atoms with Crippen LogP contribution in [0.1, 0.15) is 69.7 Å². The Morgan fingerprint density at radius 3 is 2.38 bits per heavy atom. The van der Waals surface area contributed by atoms with Crippen molar-refractivity contribution in [1.29, 1.82) is 0 Å². The molecule has 29 heavy (non-hydrogen) atoms. The van der Waals surface area contributed by atoms with Gasteiger partial charge in [0.2, 0.25) is 5.91 Å². The van der Waals surface area contributed by atoms with Crippen LogP contribution in [0.3, 0.4) is 0 Å². The number of rotatable bonds is 4. The second-order valence-corrected chi connectivity index (χ2v) is 9.46. The summed E-state index contributed by atoms with van der Waals surface area (Å²) in [5.74, 6) is -1.59. The molecule has 2 saturated carbocycles. The number of halogens is 3. The molecule has 1 aromatic heterocycles. The molecule has 1 N–H and O–H groups in total. The number of hydrogen-bond donors (Lipinski definition) is 1. The first kappa shape index (κ1) is 21.8. The summed E-state index contributed by atoms with van der Waals surface area (Å²) in [4.78, 5) is 28.9. The van der Waals surface area contributed by atoms with Gasteiger partial charge in [0, 0.05) is 18.3 Å². The highest BCUT2D eigenvalue weighted by atomic mass is 19.4. The van der Waals surface area contributed by atoms with Crippen LogP contribution in [0.4, 0.5) is 18.9 Å². The summed E-state index contributed by atoms with van der Waals surface area (Å²) in [5.41, 5.74) is 0.775. The van der Waals surface area contributed by atoms with Gasteiger partial charge in [-0.1, -0.05) is 13.8 Å². The Hall–Kier alpha value is -1.92. The molecule has 2 aliphatic carbocycles. The molecule has 0 aromatic carbocycles. The summed E-state index contributed by atoms with van der Waals surface area (Å²) >= 11 is 0. The molecule has 0 aliphatic heterocycles. The lowest BCUT2D eigenvalue weighted by Crippen LogP contribution is -2.34. The minimum absolute atomic E-state index is 0.0325. The number of Topliss-reactive ketones (excluding diaryl/α,β-unsaturated/α-hetero) is 1. The summed E-state index contributed by atoms with van der Waals surface area (Å²) in [7, 11) is 0. The molecule has 7 heteroatoms. The minimum Gasteiger partial charge on any atom is -0.325 e. The van der Waals surface area contributed by atoms with Crippen molar-refractivity contribution in [2.24, 2.45) is 29.1 Å². The molecule has 1 heterocycles. The van der Waals surface area contributed by atoms with Crippen LogP contribution in [-0.2, 0) is 4.79 Å². The molecule has 1 amide bonds. The number of alkyl halides is 3. The Bertz CT molecular complexity index is 768. The van der Waals surface area contributed by atoms with E-state index in [2.05, 4.69) is 24.1 Å². The fraction of sp³-hybridized carbons (Fsp3) is 0.682. The minimum atomic E-state index is -4.12. The van der Waals surface area contributed by atoms with Crippen molar-refractivity contribution in [3.63, 3.8) is 0 Å². The third-order valence-electron chi connectivity index (χ3n) is 6.71. The van der Waals surface area contributed by atoms with Crippen molar-refractivity contribution in [1.82, 2.24) is 4.98 Å². The Morgan fingerprint density at radius 2 is 1.79 bits per heavy atom. The number of carbonyl (C=O) groups excluding carboxylic acids is 2. The Kier molecular flexibility index (Phi) is 6.06. The van der Waals surface area contributed by atoms with Gasteiger partial charge in [-0.05, 0) is 68.8 Å². The number of aromatic nitrogens is 1. The van der Waals surface area contributed by atoms with Gasteiger partial charge in [-0.15, -0.1) is 0 Å². The van der Waals surface area contributed by atoms with E-state index in [1.54, 1.807) is 6.07 Å². The monoisotopic (exact) mass is 410 g/mol. The quantitative estimate of drug-likeness (QED) is 0.653.